The average Bonchev–Trinajstić information content (AvgIpc) is 2.80. The van der Waals surface area contributed by atoms with Gasteiger partial charge in [-0.25, -0.2) is 12.7 Å². The van der Waals surface area contributed by atoms with Gasteiger partial charge in [-0.3, -0.25) is 9.59 Å². The van der Waals surface area contributed by atoms with Gasteiger partial charge in [0.1, 0.15) is 6.04 Å². The van der Waals surface area contributed by atoms with Crippen molar-refractivity contribution in [3.8, 4) is 0 Å². The molecule has 0 aromatic heterocycles. The maximum Gasteiger partial charge on any atom is 0.242 e. The summed E-state index contributed by atoms with van der Waals surface area (Å²) < 4.78 is 26.7. The smallest absolute Gasteiger partial charge is 0.242 e. The van der Waals surface area contributed by atoms with Crippen molar-refractivity contribution in [2.75, 3.05) is 20.1 Å². The van der Waals surface area contributed by atoms with Gasteiger partial charge in [0.2, 0.25) is 21.8 Å². The Balaban J connectivity index is 2.07. The Morgan fingerprint density at radius 2 is 1.68 bits per heavy atom. The van der Waals surface area contributed by atoms with Crippen molar-refractivity contribution in [1.82, 2.24) is 14.5 Å². The number of nitrogens with one attached hydrogen (secondary N) is 1. The van der Waals surface area contributed by atoms with Crippen LogP contribution in [0.4, 0.5) is 0 Å². The molecule has 0 aliphatic carbocycles. The Hall–Kier alpha value is -2.71. The maximum atomic E-state index is 13.2. The molecule has 0 unspecified atom stereocenters. The standard InChI is InChI=1S/C26H37N3O4S/c1-20(2)18-27-26(31)22(4)29(19-23-12-9-11-21(3)17-23)25(30)15-10-16-28(5)34(32,33)24-13-7-6-8-14-24/h6-9,11-14,17,20,22H,10,15-16,18-19H2,1-5H3,(H,27,31)/t22-/m1/s1. The summed E-state index contributed by atoms with van der Waals surface area (Å²) in [6.45, 7) is 8.80. The van der Waals surface area contributed by atoms with Gasteiger partial charge in [-0.2, -0.15) is 0 Å². The van der Waals surface area contributed by atoms with E-state index in [2.05, 4.69) is 5.32 Å². The second kappa shape index (κ2) is 12.7. The molecule has 8 heteroatoms. The molecule has 34 heavy (non-hydrogen) atoms. The molecule has 0 fully saturated rings. The maximum absolute atomic E-state index is 13.2. The summed E-state index contributed by atoms with van der Waals surface area (Å²) in [6.07, 6.45) is 0.494. The molecule has 0 radical (unpaired) electrons. The molecule has 0 saturated carbocycles. The van der Waals surface area contributed by atoms with Crippen molar-refractivity contribution < 1.29 is 18.0 Å². The number of nitrogens with zero attached hydrogens (tertiary/aromatic N) is 2. The van der Waals surface area contributed by atoms with Crippen LogP contribution in [0.2, 0.25) is 0 Å². The zero-order valence-electron chi connectivity index (χ0n) is 20.8. The highest BCUT2D eigenvalue weighted by atomic mass is 32.2. The Labute approximate surface area is 204 Å². The second-order valence-electron chi connectivity index (χ2n) is 9.07. The van der Waals surface area contributed by atoms with E-state index < -0.39 is 16.1 Å². The van der Waals surface area contributed by atoms with Crippen LogP contribution in [0.15, 0.2) is 59.5 Å². The van der Waals surface area contributed by atoms with Gasteiger partial charge in [0.25, 0.3) is 0 Å². The highest BCUT2D eigenvalue weighted by Gasteiger charge is 2.27. The van der Waals surface area contributed by atoms with Gasteiger partial charge in [0, 0.05) is 33.1 Å². The van der Waals surface area contributed by atoms with Crippen LogP contribution in [-0.4, -0.2) is 55.6 Å². The molecule has 0 aliphatic heterocycles. The first-order valence-corrected chi connectivity index (χ1v) is 13.1. The van der Waals surface area contributed by atoms with Crippen LogP contribution >= 0.6 is 0 Å². The van der Waals surface area contributed by atoms with Crippen LogP contribution in [0.1, 0.15) is 44.7 Å². The monoisotopic (exact) mass is 487 g/mol. The van der Waals surface area contributed by atoms with Gasteiger partial charge in [-0.1, -0.05) is 61.9 Å². The topological polar surface area (TPSA) is 86.8 Å². The number of aryl methyl sites for hydroxylation is 1. The van der Waals surface area contributed by atoms with Gasteiger partial charge in [0.15, 0.2) is 0 Å². The minimum atomic E-state index is -3.61. The quantitative estimate of drug-likeness (QED) is 0.496. The lowest BCUT2D eigenvalue weighted by Gasteiger charge is -2.29. The molecule has 186 valence electrons. The van der Waals surface area contributed by atoms with Crippen molar-refractivity contribution in [2.45, 2.75) is 58.0 Å². The summed E-state index contributed by atoms with van der Waals surface area (Å²) in [6, 6.07) is 15.4. The number of carbonyl (C=O) groups is 2. The third kappa shape index (κ3) is 7.95. The first-order chi connectivity index (χ1) is 16.0. The number of benzene rings is 2. The zero-order chi connectivity index (χ0) is 25.3. The van der Waals surface area contributed by atoms with Crippen LogP contribution in [-0.2, 0) is 26.2 Å². The minimum Gasteiger partial charge on any atom is -0.354 e. The van der Waals surface area contributed by atoms with Crippen LogP contribution in [0, 0.1) is 12.8 Å². The van der Waals surface area contributed by atoms with E-state index in [1.165, 1.54) is 11.4 Å². The van der Waals surface area contributed by atoms with Gasteiger partial charge in [-0.15, -0.1) is 0 Å². The molecule has 0 saturated heterocycles. The number of rotatable bonds is 12. The summed E-state index contributed by atoms with van der Waals surface area (Å²) in [7, 11) is -2.10. The molecule has 0 bridgehead atoms. The van der Waals surface area contributed by atoms with Crippen molar-refractivity contribution in [1.29, 1.82) is 0 Å². The predicted octanol–water partition coefficient (Wildman–Crippen LogP) is 3.59. The summed E-state index contributed by atoms with van der Waals surface area (Å²) >= 11 is 0. The molecule has 2 aromatic carbocycles. The van der Waals surface area contributed by atoms with Gasteiger partial charge in [0.05, 0.1) is 4.90 Å². The fraction of sp³-hybridized carbons (Fsp3) is 0.462. The number of carbonyl (C=O) groups excluding carboxylic acids is 2. The fourth-order valence-electron chi connectivity index (χ4n) is 3.53. The van der Waals surface area contributed by atoms with Crippen molar-refractivity contribution >= 4 is 21.8 Å². The lowest BCUT2D eigenvalue weighted by molar-refractivity contribution is -0.140. The lowest BCUT2D eigenvalue weighted by Crippen LogP contribution is -2.48. The van der Waals surface area contributed by atoms with Gasteiger partial charge < -0.3 is 10.2 Å². The Bertz CT molecular complexity index is 1050. The third-order valence-corrected chi connectivity index (χ3v) is 7.47. The lowest BCUT2D eigenvalue weighted by atomic mass is 10.1. The molecule has 1 N–H and O–H groups in total. The van der Waals surface area contributed by atoms with E-state index in [0.717, 1.165) is 11.1 Å². The van der Waals surface area contributed by atoms with E-state index in [1.54, 1.807) is 42.2 Å². The summed E-state index contributed by atoms with van der Waals surface area (Å²) in [4.78, 5) is 27.7. The number of hydrogen-bond donors (Lipinski definition) is 1. The van der Waals surface area contributed by atoms with E-state index in [1.807, 2.05) is 45.0 Å². The van der Waals surface area contributed by atoms with E-state index in [-0.39, 0.29) is 29.7 Å². The molecule has 0 aliphatic rings. The predicted molar refractivity (Wildman–Crippen MR) is 135 cm³/mol. The zero-order valence-corrected chi connectivity index (χ0v) is 21.6. The summed E-state index contributed by atoms with van der Waals surface area (Å²) in [5.74, 6) is -0.0723. The van der Waals surface area contributed by atoms with E-state index in [4.69, 9.17) is 0 Å². The molecular formula is C26H37N3O4S. The van der Waals surface area contributed by atoms with Crippen LogP contribution in [0.25, 0.3) is 0 Å². The Kier molecular flexibility index (Phi) is 10.3. The summed E-state index contributed by atoms with van der Waals surface area (Å²) in [5, 5.41) is 2.91. The largest absolute Gasteiger partial charge is 0.354 e. The fourth-order valence-corrected chi connectivity index (χ4v) is 4.76. The van der Waals surface area contributed by atoms with E-state index in [0.29, 0.717) is 25.4 Å². The molecule has 2 aromatic rings. The molecule has 2 rings (SSSR count). The minimum absolute atomic E-state index is 0.141. The first kappa shape index (κ1) is 27.5. The van der Waals surface area contributed by atoms with Crippen LogP contribution in [0.3, 0.4) is 0 Å². The molecule has 0 heterocycles. The number of hydrogen-bond acceptors (Lipinski definition) is 4. The average molecular weight is 488 g/mol. The highest BCUT2D eigenvalue weighted by Crippen LogP contribution is 2.16. The van der Waals surface area contributed by atoms with E-state index in [9.17, 15) is 18.0 Å². The molecule has 1 atom stereocenters. The molecule has 0 spiro atoms. The van der Waals surface area contributed by atoms with Crippen molar-refractivity contribution in [3.05, 3.63) is 65.7 Å². The normalized spacial score (nSPS) is 12.6. The molecule has 2 amide bonds. The second-order valence-corrected chi connectivity index (χ2v) is 11.1. The highest BCUT2D eigenvalue weighted by molar-refractivity contribution is 7.89. The van der Waals surface area contributed by atoms with Crippen LogP contribution in [0.5, 0.6) is 0 Å². The van der Waals surface area contributed by atoms with Gasteiger partial charge >= 0.3 is 0 Å². The molecular weight excluding hydrogens is 450 g/mol. The Morgan fingerprint density at radius 1 is 1.00 bits per heavy atom. The number of sulfonamides is 1. The first-order valence-electron chi connectivity index (χ1n) is 11.7. The van der Waals surface area contributed by atoms with E-state index >= 15 is 0 Å². The number of amides is 2. The SMILES string of the molecule is Cc1cccc(CN(C(=O)CCCN(C)S(=O)(=O)c2ccccc2)[C@H](C)C(=O)NCC(C)C)c1. The molecule has 7 nitrogen and oxygen atoms in total. The van der Waals surface area contributed by atoms with Crippen molar-refractivity contribution in [3.63, 3.8) is 0 Å². The van der Waals surface area contributed by atoms with Gasteiger partial charge in [-0.05, 0) is 43.9 Å². The van der Waals surface area contributed by atoms with Crippen LogP contribution < -0.4 is 5.32 Å². The summed E-state index contributed by atoms with van der Waals surface area (Å²) in [5.41, 5.74) is 2.02. The Morgan fingerprint density at radius 3 is 2.29 bits per heavy atom. The third-order valence-electron chi connectivity index (χ3n) is 5.60. The van der Waals surface area contributed by atoms with Crippen molar-refractivity contribution in [2.24, 2.45) is 5.92 Å².